The van der Waals surface area contributed by atoms with E-state index in [1.807, 2.05) is 26.1 Å². The molecule has 1 aromatic rings. The highest BCUT2D eigenvalue weighted by Crippen LogP contribution is 2.26. The van der Waals surface area contributed by atoms with Gasteiger partial charge in [-0.25, -0.2) is 0 Å². The summed E-state index contributed by atoms with van der Waals surface area (Å²) < 4.78 is 4.89. The van der Waals surface area contributed by atoms with E-state index in [1.165, 1.54) is 0 Å². The average molecular weight is 299 g/mol. The molecule has 2 N–H and O–H groups in total. The lowest BCUT2D eigenvalue weighted by Gasteiger charge is -2.21. The van der Waals surface area contributed by atoms with Crippen LogP contribution in [-0.4, -0.2) is 26.2 Å². The number of hydrogen-bond acceptors (Lipinski definition) is 4. The maximum atomic E-state index is 11.2. The molecule has 1 aromatic carbocycles. The Kier molecular flexibility index (Phi) is 7.23. The lowest BCUT2D eigenvalue weighted by Crippen LogP contribution is -2.19. The Morgan fingerprint density at radius 1 is 1.35 bits per heavy atom. The Bertz CT molecular complexity index is 438. The highest BCUT2D eigenvalue weighted by molar-refractivity contribution is 6.31. The van der Waals surface area contributed by atoms with E-state index in [9.17, 15) is 4.79 Å². The van der Waals surface area contributed by atoms with Crippen molar-refractivity contribution in [3.05, 3.63) is 23.2 Å². The molecule has 0 saturated carbocycles. The summed E-state index contributed by atoms with van der Waals surface area (Å²) in [5, 5.41) is 0.684. The number of hydrogen-bond donors (Lipinski definition) is 1. The van der Waals surface area contributed by atoms with Gasteiger partial charge in [0.1, 0.15) is 0 Å². The van der Waals surface area contributed by atoms with Gasteiger partial charge in [0.2, 0.25) is 0 Å². The quantitative estimate of drug-likeness (QED) is 0.453. The number of ether oxygens (including phenoxy) is 1. The molecule has 1 rings (SSSR count). The average Bonchev–Trinajstić information content (AvgIpc) is 2.41. The minimum atomic E-state index is -0.111. The third kappa shape index (κ3) is 5.70. The zero-order valence-electron chi connectivity index (χ0n) is 12.2. The van der Waals surface area contributed by atoms with E-state index < -0.39 is 0 Å². The number of carbonyl (C=O) groups is 1. The van der Waals surface area contributed by atoms with Crippen LogP contribution in [0.3, 0.4) is 0 Å². The van der Waals surface area contributed by atoms with Crippen molar-refractivity contribution < 1.29 is 9.53 Å². The molecule has 0 aliphatic heterocycles. The number of unbranched alkanes of at least 4 members (excludes halogenated alkanes) is 2. The van der Waals surface area contributed by atoms with E-state index in [0.717, 1.165) is 37.2 Å². The van der Waals surface area contributed by atoms with E-state index >= 15 is 0 Å². The lowest BCUT2D eigenvalue weighted by molar-refractivity contribution is -0.143. The Morgan fingerprint density at radius 2 is 2.10 bits per heavy atom. The molecule has 0 heterocycles. The predicted molar refractivity (Wildman–Crippen MR) is 84.2 cm³/mol. The molecule has 20 heavy (non-hydrogen) atoms. The predicted octanol–water partition coefficient (Wildman–Crippen LogP) is 3.48. The molecule has 112 valence electrons. The van der Waals surface area contributed by atoms with Gasteiger partial charge in [0.05, 0.1) is 18.0 Å². The van der Waals surface area contributed by atoms with Crippen molar-refractivity contribution >= 4 is 28.9 Å². The zero-order valence-corrected chi connectivity index (χ0v) is 12.9. The Labute approximate surface area is 125 Å². The van der Waals surface area contributed by atoms with Crippen LogP contribution >= 0.6 is 11.6 Å². The van der Waals surface area contributed by atoms with E-state index in [2.05, 4.69) is 4.90 Å². The molecule has 0 amide bonds. The molecule has 0 aromatic heterocycles. The molecular weight excluding hydrogens is 276 g/mol. The minimum absolute atomic E-state index is 0.111. The van der Waals surface area contributed by atoms with Gasteiger partial charge in [0, 0.05) is 25.0 Å². The molecule has 0 unspecified atom stereocenters. The van der Waals surface area contributed by atoms with Gasteiger partial charge in [-0.15, -0.1) is 0 Å². The fourth-order valence-corrected chi connectivity index (χ4v) is 2.16. The first-order chi connectivity index (χ1) is 9.54. The van der Waals surface area contributed by atoms with Gasteiger partial charge in [-0.05, 0) is 38.0 Å². The second-order valence-electron chi connectivity index (χ2n) is 4.74. The Morgan fingerprint density at radius 3 is 2.80 bits per heavy atom. The van der Waals surface area contributed by atoms with Crippen LogP contribution in [-0.2, 0) is 9.53 Å². The highest BCUT2D eigenvalue weighted by Gasteiger charge is 2.06. The summed E-state index contributed by atoms with van der Waals surface area (Å²) in [6.07, 6.45) is 3.35. The van der Waals surface area contributed by atoms with Crippen molar-refractivity contribution in [2.75, 3.05) is 30.8 Å². The normalized spacial score (nSPS) is 10.3. The maximum absolute atomic E-state index is 11.2. The number of halogens is 1. The van der Waals surface area contributed by atoms with Crippen molar-refractivity contribution in [2.45, 2.75) is 32.6 Å². The van der Waals surface area contributed by atoms with Gasteiger partial charge >= 0.3 is 5.97 Å². The highest BCUT2D eigenvalue weighted by atomic mass is 35.5. The van der Waals surface area contributed by atoms with E-state index in [-0.39, 0.29) is 5.97 Å². The summed E-state index contributed by atoms with van der Waals surface area (Å²) >= 11 is 5.98. The second kappa shape index (κ2) is 8.69. The molecule has 0 atom stereocenters. The molecule has 0 spiro atoms. The molecular formula is C15H23ClN2O2. The summed E-state index contributed by atoms with van der Waals surface area (Å²) in [5.41, 5.74) is 7.60. The van der Waals surface area contributed by atoms with Crippen molar-refractivity contribution in [2.24, 2.45) is 0 Å². The number of carbonyl (C=O) groups excluding carboxylic acids is 1. The fraction of sp³-hybridized carbons (Fsp3) is 0.533. The number of nitrogens with zero attached hydrogens (tertiary/aromatic N) is 1. The molecule has 0 aliphatic carbocycles. The van der Waals surface area contributed by atoms with Crippen LogP contribution in [0.1, 0.15) is 32.6 Å². The van der Waals surface area contributed by atoms with Gasteiger partial charge in [0.15, 0.2) is 0 Å². The first-order valence-corrected chi connectivity index (χ1v) is 7.34. The molecule has 0 bridgehead atoms. The summed E-state index contributed by atoms with van der Waals surface area (Å²) in [4.78, 5) is 13.3. The molecule has 5 heteroatoms. The van der Waals surface area contributed by atoms with Gasteiger partial charge in [0.25, 0.3) is 0 Å². The molecule has 0 radical (unpaired) electrons. The third-order valence-electron chi connectivity index (χ3n) is 3.08. The van der Waals surface area contributed by atoms with Gasteiger partial charge in [-0.3, -0.25) is 4.79 Å². The molecule has 0 saturated heterocycles. The number of rotatable bonds is 8. The van der Waals surface area contributed by atoms with Crippen LogP contribution in [0.4, 0.5) is 11.4 Å². The number of esters is 1. The Balaban J connectivity index is 2.28. The van der Waals surface area contributed by atoms with E-state index in [0.29, 0.717) is 18.1 Å². The fourth-order valence-electron chi connectivity index (χ4n) is 2.00. The van der Waals surface area contributed by atoms with Crippen LogP contribution < -0.4 is 10.6 Å². The van der Waals surface area contributed by atoms with Gasteiger partial charge in [-0.1, -0.05) is 18.0 Å². The number of nitrogen functional groups attached to an aromatic ring is 1. The van der Waals surface area contributed by atoms with Crippen LogP contribution in [0.15, 0.2) is 18.2 Å². The monoisotopic (exact) mass is 298 g/mol. The molecule has 4 nitrogen and oxygen atoms in total. The van der Waals surface area contributed by atoms with Gasteiger partial charge in [-0.2, -0.15) is 0 Å². The van der Waals surface area contributed by atoms with Crippen molar-refractivity contribution in [3.8, 4) is 0 Å². The molecule has 0 fully saturated rings. The number of benzene rings is 1. The second-order valence-corrected chi connectivity index (χ2v) is 5.18. The molecule has 0 aliphatic rings. The van der Waals surface area contributed by atoms with Crippen LogP contribution in [0.5, 0.6) is 0 Å². The number of anilines is 2. The summed E-state index contributed by atoms with van der Waals surface area (Å²) in [6, 6.07) is 5.47. The smallest absolute Gasteiger partial charge is 0.305 e. The summed E-state index contributed by atoms with van der Waals surface area (Å²) in [7, 11) is 1.99. The van der Waals surface area contributed by atoms with Crippen LogP contribution in [0.25, 0.3) is 0 Å². The largest absolute Gasteiger partial charge is 0.466 e. The van der Waals surface area contributed by atoms with Crippen LogP contribution in [0, 0.1) is 0 Å². The SMILES string of the molecule is CCOC(=O)CCCCCN(C)c1cc(Cl)ccc1N. The maximum Gasteiger partial charge on any atom is 0.305 e. The first kappa shape index (κ1) is 16.6. The van der Waals surface area contributed by atoms with Crippen LogP contribution in [0.2, 0.25) is 5.02 Å². The van der Waals surface area contributed by atoms with Crippen molar-refractivity contribution in [1.82, 2.24) is 0 Å². The zero-order chi connectivity index (χ0) is 15.0. The van der Waals surface area contributed by atoms with Crippen molar-refractivity contribution in [1.29, 1.82) is 0 Å². The summed E-state index contributed by atoms with van der Waals surface area (Å²) in [6.45, 7) is 3.16. The van der Waals surface area contributed by atoms with E-state index in [4.69, 9.17) is 22.1 Å². The third-order valence-corrected chi connectivity index (χ3v) is 3.32. The van der Waals surface area contributed by atoms with Gasteiger partial charge < -0.3 is 15.4 Å². The Hall–Kier alpha value is -1.42. The lowest BCUT2D eigenvalue weighted by atomic mass is 10.2. The number of nitrogens with two attached hydrogens (primary N) is 1. The van der Waals surface area contributed by atoms with E-state index in [1.54, 1.807) is 6.07 Å². The topological polar surface area (TPSA) is 55.6 Å². The summed E-state index contributed by atoms with van der Waals surface area (Å²) in [5.74, 6) is -0.111. The van der Waals surface area contributed by atoms with Crippen molar-refractivity contribution in [3.63, 3.8) is 0 Å². The standard InChI is InChI=1S/C15H23ClN2O2/c1-3-20-15(19)7-5-4-6-10-18(2)14-11-12(16)8-9-13(14)17/h8-9,11H,3-7,10,17H2,1-2H3. The minimum Gasteiger partial charge on any atom is -0.466 e. The first-order valence-electron chi connectivity index (χ1n) is 6.96.